The van der Waals surface area contributed by atoms with Crippen molar-refractivity contribution in [3.05, 3.63) is 46.6 Å². The van der Waals surface area contributed by atoms with Crippen molar-refractivity contribution in [1.29, 1.82) is 0 Å². The monoisotopic (exact) mass is 380 g/mol. The van der Waals surface area contributed by atoms with Crippen LogP contribution in [0, 0.1) is 6.92 Å². The van der Waals surface area contributed by atoms with E-state index in [2.05, 4.69) is 20.2 Å². The molecule has 0 saturated heterocycles. The Morgan fingerprint density at radius 3 is 2.96 bits per heavy atom. The van der Waals surface area contributed by atoms with Gasteiger partial charge in [-0.15, -0.1) is 21.5 Å². The lowest BCUT2D eigenvalue weighted by atomic mass is 9.97. The molecule has 0 amide bonds. The molecule has 5 rings (SSSR count). The van der Waals surface area contributed by atoms with E-state index in [9.17, 15) is 0 Å². The van der Waals surface area contributed by atoms with Crippen molar-refractivity contribution in [3.63, 3.8) is 0 Å². The molecule has 1 aliphatic rings. The first kappa shape index (κ1) is 16.0. The van der Waals surface area contributed by atoms with Crippen molar-refractivity contribution in [1.82, 2.24) is 20.2 Å². The van der Waals surface area contributed by atoms with Crippen LogP contribution >= 0.6 is 23.1 Å². The molecular formula is C19H16N4OS2. The Morgan fingerprint density at radius 1 is 1.12 bits per heavy atom. The predicted molar refractivity (Wildman–Crippen MR) is 103 cm³/mol. The quantitative estimate of drug-likeness (QED) is 0.462. The molecule has 4 aromatic rings. The van der Waals surface area contributed by atoms with Crippen LogP contribution in [0.25, 0.3) is 21.7 Å². The largest absolute Gasteiger partial charge is 0.411 e. The minimum atomic E-state index is 0.511. The van der Waals surface area contributed by atoms with Crippen LogP contribution in [0.3, 0.4) is 0 Å². The van der Waals surface area contributed by atoms with E-state index in [1.165, 1.54) is 40.4 Å². The Kier molecular flexibility index (Phi) is 3.98. The van der Waals surface area contributed by atoms with Gasteiger partial charge in [0.05, 0.1) is 0 Å². The minimum Gasteiger partial charge on any atom is -0.411 e. The maximum Gasteiger partial charge on any atom is 0.283 e. The van der Waals surface area contributed by atoms with E-state index in [0.29, 0.717) is 11.1 Å². The SMILES string of the molecule is Cc1cccc(-c2nnc(Sc3ncnc4sc5c(c34)CCCC5)o2)c1. The zero-order chi connectivity index (χ0) is 17.5. The van der Waals surface area contributed by atoms with E-state index < -0.39 is 0 Å². The second kappa shape index (κ2) is 6.48. The summed E-state index contributed by atoms with van der Waals surface area (Å²) >= 11 is 3.23. The molecule has 0 unspecified atom stereocenters. The molecule has 0 radical (unpaired) electrons. The second-order valence-corrected chi connectivity index (χ2v) is 8.44. The van der Waals surface area contributed by atoms with Crippen LogP contribution in [0.4, 0.5) is 0 Å². The minimum absolute atomic E-state index is 0.511. The van der Waals surface area contributed by atoms with Gasteiger partial charge in [0.1, 0.15) is 16.2 Å². The summed E-state index contributed by atoms with van der Waals surface area (Å²) in [6, 6.07) is 8.06. The van der Waals surface area contributed by atoms with Gasteiger partial charge in [0.25, 0.3) is 5.22 Å². The summed E-state index contributed by atoms with van der Waals surface area (Å²) in [4.78, 5) is 11.5. The van der Waals surface area contributed by atoms with Gasteiger partial charge in [-0.1, -0.05) is 17.7 Å². The number of hydrogen-bond acceptors (Lipinski definition) is 7. The highest BCUT2D eigenvalue weighted by atomic mass is 32.2. The number of fused-ring (bicyclic) bond motifs is 3. The molecule has 0 N–H and O–H groups in total. The number of thiophene rings is 1. The van der Waals surface area contributed by atoms with E-state index in [0.717, 1.165) is 33.8 Å². The van der Waals surface area contributed by atoms with Crippen molar-refractivity contribution in [2.24, 2.45) is 0 Å². The molecule has 0 atom stereocenters. The van der Waals surface area contributed by atoms with Gasteiger partial charge in [-0.25, -0.2) is 9.97 Å². The van der Waals surface area contributed by atoms with Gasteiger partial charge >= 0.3 is 0 Å². The average molecular weight is 380 g/mol. The Hall–Kier alpha value is -2.25. The maximum absolute atomic E-state index is 5.88. The summed E-state index contributed by atoms with van der Waals surface area (Å²) in [5, 5.41) is 11.0. The number of benzene rings is 1. The molecule has 3 aromatic heterocycles. The predicted octanol–water partition coefficient (Wildman–Crippen LogP) is 5.08. The number of nitrogens with zero attached hydrogens (tertiary/aromatic N) is 4. The third-order valence-corrected chi connectivity index (χ3v) is 6.61. The normalized spacial score (nSPS) is 13.9. The number of aryl methyl sites for hydroxylation is 3. The van der Waals surface area contributed by atoms with Crippen molar-refractivity contribution < 1.29 is 4.42 Å². The lowest BCUT2D eigenvalue weighted by Crippen LogP contribution is -1.98. The van der Waals surface area contributed by atoms with E-state index in [4.69, 9.17) is 4.42 Å². The first-order valence-electron chi connectivity index (χ1n) is 8.61. The molecule has 5 nitrogen and oxygen atoms in total. The molecule has 0 bridgehead atoms. The fraction of sp³-hybridized carbons (Fsp3) is 0.263. The molecular weight excluding hydrogens is 364 g/mol. The smallest absolute Gasteiger partial charge is 0.283 e. The first-order chi connectivity index (χ1) is 12.8. The van der Waals surface area contributed by atoms with Gasteiger partial charge in [0.15, 0.2) is 0 Å². The van der Waals surface area contributed by atoms with Gasteiger partial charge < -0.3 is 4.42 Å². The Balaban J connectivity index is 1.51. The molecule has 0 spiro atoms. The van der Waals surface area contributed by atoms with Crippen molar-refractivity contribution in [2.75, 3.05) is 0 Å². The standard InChI is InChI=1S/C19H16N4OS2/c1-11-5-4-6-12(9-11)16-22-23-19(24-16)26-18-15-13-7-2-3-8-14(13)25-17(15)20-10-21-18/h4-6,9-10H,2-3,7-8H2,1H3. The van der Waals surface area contributed by atoms with E-state index in [1.807, 2.05) is 31.2 Å². The molecule has 0 saturated carbocycles. The third kappa shape index (κ3) is 2.81. The molecule has 1 aliphatic carbocycles. The molecule has 0 aliphatic heterocycles. The van der Waals surface area contributed by atoms with E-state index in [-0.39, 0.29) is 0 Å². The second-order valence-electron chi connectivity index (χ2n) is 6.41. The lowest BCUT2D eigenvalue weighted by molar-refractivity contribution is 0.465. The third-order valence-electron chi connectivity index (χ3n) is 4.57. The van der Waals surface area contributed by atoms with Crippen LogP contribution in [0.1, 0.15) is 28.8 Å². The summed E-state index contributed by atoms with van der Waals surface area (Å²) in [7, 11) is 0. The van der Waals surface area contributed by atoms with Crippen molar-refractivity contribution >= 4 is 33.3 Å². The van der Waals surface area contributed by atoms with Gasteiger partial charge in [0, 0.05) is 15.8 Å². The van der Waals surface area contributed by atoms with Crippen LogP contribution in [0.15, 0.2) is 45.3 Å². The van der Waals surface area contributed by atoms with Crippen LogP contribution in [0.2, 0.25) is 0 Å². The maximum atomic E-state index is 5.88. The number of rotatable bonds is 3. The Bertz CT molecular complexity index is 1100. The van der Waals surface area contributed by atoms with Crippen LogP contribution in [0.5, 0.6) is 0 Å². The number of hydrogen-bond donors (Lipinski definition) is 0. The molecule has 130 valence electrons. The topological polar surface area (TPSA) is 64.7 Å². The van der Waals surface area contributed by atoms with Gasteiger partial charge in [0.2, 0.25) is 5.89 Å². The molecule has 0 fully saturated rings. The van der Waals surface area contributed by atoms with Crippen molar-refractivity contribution in [2.45, 2.75) is 42.9 Å². The lowest BCUT2D eigenvalue weighted by Gasteiger charge is -2.10. The summed E-state index contributed by atoms with van der Waals surface area (Å²) in [6.45, 7) is 2.05. The summed E-state index contributed by atoms with van der Waals surface area (Å²) < 4.78 is 5.88. The molecule has 3 heterocycles. The van der Waals surface area contributed by atoms with Crippen molar-refractivity contribution in [3.8, 4) is 11.5 Å². The average Bonchev–Trinajstić information content (AvgIpc) is 3.26. The Labute approximate surface area is 158 Å². The number of aromatic nitrogens is 4. The van der Waals surface area contributed by atoms with Gasteiger partial charge in [-0.3, -0.25) is 0 Å². The first-order valence-corrected chi connectivity index (χ1v) is 10.2. The van der Waals surface area contributed by atoms with Gasteiger partial charge in [-0.2, -0.15) is 0 Å². The summed E-state index contributed by atoms with van der Waals surface area (Å²) in [6.07, 6.45) is 6.38. The highest BCUT2D eigenvalue weighted by Gasteiger charge is 2.21. The highest BCUT2D eigenvalue weighted by molar-refractivity contribution is 7.99. The molecule has 1 aromatic carbocycles. The fourth-order valence-corrected chi connectivity index (χ4v) is 5.45. The fourth-order valence-electron chi connectivity index (χ4n) is 3.37. The van der Waals surface area contributed by atoms with E-state index >= 15 is 0 Å². The zero-order valence-corrected chi connectivity index (χ0v) is 15.9. The van der Waals surface area contributed by atoms with Crippen LogP contribution in [-0.4, -0.2) is 20.2 Å². The van der Waals surface area contributed by atoms with Gasteiger partial charge in [-0.05, 0) is 62.1 Å². The Morgan fingerprint density at radius 2 is 2.04 bits per heavy atom. The zero-order valence-electron chi connectivity index (χ0n) is 14.2. The molecule has 7 heteroatoms. The van der Waals surface area contributed by atoms with E-state index in [1.54, 1.807) is 17.7 Å². The highest BCUT2D eigenvalue weighted by Crippen LogP contribution is 2.41. The summed E-state index contributed by atoms with van der Waals surface area (Å²) in [5.74, 6) is 0.536. The molecule has 26 heavy (non-hydrogen) atoms. The van der Waals surface area contributed by atoms with Crippen LogP contribution < -0.4 is 0 Å². The summed E-state index contributed by atoms with van der Waals surface area (Å²) in [5.41, 5.74) is 3.51. The van der Waals surface area contributed by atoms with Crippen LogP contribution in [-0.2, 0) is 12.8 Å².